The van der Waals surface area contributed by atoms with Crippen LogP contribution in [0.2, 0.25) is 0 Å². The first kappa shape index (κ1) is 18.2. The van der Waals surface area contributed by atoms with Gasteiger partial charge in [0, 0.05) is 35.5 Å². The zero-order chi connectivity index (χ0) is 18.5. The van der Waals surface area contributed by atoms with E-state index in [1.807, 2.05) is 24.3 Å². The van der Waals surface area contributed by atoms with E-state index >= 15 is 0 Å². The Bertz CT molecular complexity index is 835. The van der Waals surface area contributed by atoms with Gasteiger partial charge in [-0.3, -0.25) is 19.0 Å². The van der Waals surface area contributed by atoms with Gasteiger partial charge in [0.05, 0.1) is 0 Å². The Morgan fingerprint density at radius 3 is 2.50 bits per heavy atom. The Morgan fingerprint density at radius 2 is 1.88 bits per heavy atom. The number of aromatic nitrogens is 1. The van der Waals surface area contributed by atoms with Gasteiger partial charge in [-0.15, -0.1) is 0 Å². The number of carbonyl (C=O) groups is 2. The summed E-state index contributed by atoms with van der Waals surface area (Å²) in [6, 6.07) is 7.61. The topological polar surface area (TPSA) is 80.6 Å². The predicted octanol–water partition coefficient (Wildman–Crippen LogP) is 2.00. The third kappa shape index (κ3) is 4.51. The number of nitrogens with one attached hydrogen (secondary N) is 1. The molecule has 7 nitrogen and oxygen atoms in total. The molecular weight excluding hydrogens is 354 g/mol. The highest BCUT2D eigenvalue weighted by molar-refractivity contribution is 7.07. The molecule has 2 aromatic rings. The summed E-state index contributed by atoms with van der Waals surface area (Å²) in [5, 5.41) is 4.37. The van der Waals surface area contributed by atoms with Crippen molar-refractivity contribution in [3.63, 3.8) is 0 Å². The average Bonchev–Trinajstić information content (AvgIpc) is 3.27. The Labute approximate surface area is 155 Å². The summed E-state index contributed by atoms with van der Waals surface area (Å²) in [5.41, 5.74) is 2.49. The Kier molecular flexibility index (Phi) is 5.72. The van der Waals surface area contributed by atoms with Crippen LogP contribution < -0.4 is 15.1 Å². The van der Waals surface area contributed by atoms with Crippen LogP contribution in [0.25, 0.3) is 0 Å². The molecule has 26 heavy (non-hydrogen) atoms. The molecule has 138 valence electrons. The van der Waals surface area contributed by atoms with Gasteiger partial charge in [-0.2, -0.15) is 0 Å². The molecule has 1 aliphatic heterocycles. The third-order valence-electron chi connectivity index (χ3n) is 4.25. The lowest BCUT2D eigenvalue weighted by Gasteiger charge is -2.17. The normalized spacial score (nSPS) is 13.7. The van der Waals surface area contributed by atoms with Crippen LogP contribution in [0.3, 0.4) is 0 Å². The average molecular weight is 375 g/mol. The lowest BCUT2D eigenvalue weighted by Crippen LogP contribution is -2.26. The standard InChI is InChI=1S/C18H21N3O4S/c1-13-12-26-18(24)21(13)10-17(23)25-11-16(22)19-14-4-6-15(7-5-14)20-8-2-3-9-20/h4-7,12H,2-3,8-11H2,1H3,(H,19,22). The molecular formula is C18H21N3O4S. The molecule has 0 spiro atoms. The van der Waals surface area contributed by atoms with Crippen LogP contribution in [0, 0.1) is 6.92 Å². The summed E-state index contributed by atoms with van der Waals surface area (Å²) in [6.45, 7) is 3.29. The molecule has 1 aliphatic rings. The SMILES string of the molecule is Cc1csc(=O)n1CC(=O)OCC(=O)Nc1ccc(N2CCCC2)cc1. The number of anilines is 2. The molecule has 3 rings (SSSR count). The molecule has 1 fully saturated rings. The van der Waals surface area contributed by atoms with Crippen LogP contribution in [0.4, 0.5) is 11.4 Å². The maximum atomic E-state index is 11.9. The first-order chi connectivity index (χ1) is 12.5. The van der Waals surface area contributed by atoms with Gasteiger partial charge in [-0.25, -0.2) is 0 Å². The van der Waals surface area contributed by atoms with Gasteiger partial charge in [0.25, 0.3) is 5.91 Å². The number of esters is 1. The second-order valence-corrected chi connectivity index (χ2v) is 7.00. The highest BCUT2D eigenvalue weighted by atomic mass is 32.1. The number of ether oxygens (including phenoxy) is 1. The predicted molar refractivity (Wildman–Crippen MR) is 101 cm³/mol. The first-order valence-electron chi connectivity index (χ1n) is 8.48. The zero-order valence-electron chi connectivity index (χ0n) is 14.6. The van der Waals surface area contributed by atoms with E-state index in [-0.39, 0.29) is 18.0 Å². The minimum atomic E-state index is -0.617. The number of rotatable bonds is 6. The monoisotopic (exact) mass is 375 g/mol. The fraction of sp³-hybridized carbons (Fsp3) is 0.389. The van der Waals surface area contributed by atoms with E-state index in [1.54, 1.807) is 12.3 Å². The van der Waals surface area contributed by atoms with Crippen LogP contribution in [-0.4, -0.2) is 36.1 Å². The van der Waals surface area contributed by atoms with Crippen molar-refractivity contribution in [2.24, 2.45) is 0 Å². The van der Waals surface area contributed by atoms with Crippen LogP contribution in [-0.2, 0) is 20.9 Å². The van der Waals surface area contributed by atoms with E-state index in [9.17, 15) is 14.4 Å². The zero-order valence-corrected chi connectivity index (χ0v) is 15.4. The molecule has 1 N–H and O–H groups in total. The van der Waals surface area contributed by atoms with Gasteiger partial charge < -0.3 is 15.0 Å². The molecule has 0 aliphatic carbocycles. The van der Waals surface area contributed by atoms with Gasteiger partial charge in [0.15, 0.2) is 6.61 Å². The molecule has 0 bridgehead atoms. The quantitative estimate of drug-likeness (QED) is 0.781. The van der Waals surface area contributed by atoms with E-state index in [1.165, 1.54) is 17.4 Å². The van der Waals surface area contributed by atoms with E-state index in [0.29, 0.717) is 11.4 Å². The fourth-order valence-electron chi connectivity index (χ4n) is 2.84. The van der Waals surface area contributed by atoms with Gasteiger partial charge in [0.1, 0.15) is 6.54 Å². The number of thiazole rings is 1. The molecule has 0 unspecified atom stereocenters. The van der Waals surface area contributed by atoms with Gasteiger partial charge in [0.2, 0.25) is 0 Å². The van der Waals surface area contributed by atoms with Gasteiger partial charge in [-0.1, -0.05) is 11.3 Å². The number of amides is 1. The Morgan fingerprint density at radius 1 is 1.19 bits per heavy atom. The molecule has 1 aromatic heterocycles. The van der Waals surface area contributed by atoms with E-state index in [2.05, 4.69) is 10.2 Å². The van der Waals surface area contributed by atoms with Crippen molar-refractivity contribution in [3.8, 4) is 0 Å². The number of carbonyl (C=O) groups excluding carboxylic acids is 2. The molecule has 0 saturated carbocycles. The second-order valence-electron chi connectivity index (χ2n) is 6.18. The largest absolute Gasteiger partial charge is 0.454 e. The van der Waals surface area contributed by atoms with Crippen molar-refractivity contribution >= 4 is 34.6 Å². The Hall–Kier alpha value is -2.61. The maximum absolute atomic E-state index is 11.9. The fourth-order valence-corrected chi connectivity index (χ4v) is 3.58. The summed E-state index contributed by atoms with van der Waals surface area (Å²) in [7, 11) is 0. The number of hydrogen-bond acceptors (Lipinski definition) is 6. The third-order valence-corrected chi connectivity index (χ3v) is 5.13. The molecule has 0 radical (unpaired) electrons. The number of aryl methyl sites for hydroxylation is 1. The van der Waals surface area contributed by atoms with Crippen LogP contribution in [0.5, 0.6) is 0 Å². The molecule has 2 heterocycles. The maximum Gasteiger partial charge on any atom is 0.326 e. The summed E-state index contributed by atoms with van der Waals surface area (Å²) >= 11 is 1.03. The summed E-state index contributed by atoms with van der Waals surface area (Å²) in [5.74, 6) is -1.03. The molecule has 1 aromatic carbocycles. The molecule has 1 amide bonds. The van der Waals surface area contributed by atoms with Crippen molar-refractivity contribution < 1.29 is 14.3 Å². The van der Waals surface area contributed by atoms with Crippen LogP contribution in [0.1, 0.15) is 18.5 Å². The van der Waals surface area contributed by atoms with Crippen molar-refractivity contribution in [2.75, 3.05) is 29.9 Å². The smallest absolute Gasteiger partial charge is 0.326 e. The highest BCUT2D eigenvalue weighted by Gasteiger charge is 2.13. The second kappa shape index (κ2) is 8.18. The van der Waals surface area contributed by atoms with Gasteiger partial charge in [-0.05, 0) is 44.0 Å². The summed E-state index contributed by atoms with van der Waals surface area (Å²) in [6.07, 6.45) is 2.42. The van der Waals surface area contributed by atoms with Crippen LogP contribution >= 0.6 is 11.3 Å². The number of nitrogens with zero attached hydrogens (tertiary/aromatic N) is 2. The first-order valence-corrected chi connectivity index (χ1v) is 9.36. The van der Waals surface area contributed by atoms with Crippen LogP contribution in [0.15, 0.2) is 34.4 Å². The molecule has 8 heteroatoms. The van der Waals surface area contributed by atoms with E-state index in [4.69, 9.17) is 4.74 Å². The molecule has 0 atom stereocenters. The van der Waals surface area contributed by atoms with Crippen molar-refractivity contribution in [1.82, 2.24) is 4.57 Å². The minimum Gasteiger partial charge on any atom is -0.454 e. The summed E-state index contributed by atoms with van der Waals surface area (Å²) in [4.78, 5) is 37.4. The lowest BCUT2D eigenvalue weighted by atomic mass is 10.2. The summed E-state index contributed by atoms with van der Waals surface area (Å²) < 4.78 is 6.27. The minimum absolute atomic E-state index is 0.189. The number of benzene rings is 1. The Balaban J connectivity index is 1.46. The number of hydrogen-bond donors (Lipinski definition) is 1. The van der Waals surface area contributed by atoms with E-state index < -0.39 is 11.9 Å². The lowest BCUT2D eigenvalue weighted by molar-refractivity contribution is -0.147. The van der Waals surface area contributed by atoms with Crippen molar-refractivity contribution in [2.45, 2.75) is 26.3 Å². The van der Waals surface area contributed by atoms with Gasteiger partial charge >= 0.3 is 10.8 Å². The highest BCUT2D eigenvalue weighted by Crippen LogP contribution is 2.21. The molecule has 1 saturated heterocycles. The van der Waals surface area contributed by atoms with Crippen molar-refractivity contribution in [1.29, 1.82) is 0 Å². The van der Waals surface area contributed by atoms with E-state index in [0.717, 1.165) is 30.1 Å². The van der Waals surface area contributed by atoms with Crippen molar-refractivity contribution in [3.05, 3.63) is 45.0 Å².